The summed E-state index contributed by atoms with van der Waals surface area (Å²) < 4.78 is 5.61. The lowest BCUT2D eigenvalue weighted by atomic mass is 10.0. The van der Waals surface area contributed by atoms with Crippen molar-refractivity contribution in [3.63, 3.8) is 0 Å². The Kier molecular flexibility index (Phi) is 5.86. The smallest absolute Gasteiger partial charge is 0.409 e. The number of carbonyl (C=O) groups is 2. The van der Waals surface area contributed by atoms with Crippen molar-refractivity contribution in [3.8, 4) is 0 Å². The number of benzene rings is 1. The Morgan fingerprint density at radius 2 is 2.00 bits per heavy atom. The predicted octanol–water partition coefficient (Wildman–Crippen LogP) is 4.03. The fraction of sp³-hybridized carbons (Fsp3) is 0.350. The Morgan fingerprint density at radius 1 is 1.29 bits per heavy atom. The zero-order chi connectivity index (χ0) is 20.3. The summed E-state index contributed by atoms with van der Waals surface area (Å²) in [7, 11) is 0. The molecule has 1 aromatic heterocycles. The monoisotopic (exact) mass is 403 g/mol. The van der Waals surface area contributed by atoms with Crippen LogP contribution < -0.4 is 5.32 Å². The molecule has 2 aromatic rings. The van der Waals surface area contributed by atoms with Crippen LogP contribution in [0.1, 0.15) is 36.3 Å². The van der Waals surface area contributed by atoms with Gasteiger partial charge in [0.2, 0.25) is 0 Å². The van der Waals surface area contributed by atoms with Crippen LogP contribution in [-0.2, 0) is 11.2 Å². The maximum absolute atomic E-state index is 12.2. The van der Waals surface area contributed by atoms with Crippen molar-refractivity contribution in [3.05, 3.63) is 58.9 Å². The lowest BCUT2D eigenvalue weighted by Gasteiger charge is -2.30. The van der Waals surface area contributed by atoms with Crippen molar-refractivity contribution in [1.82, 2.24) is 9.88 Å². The minimum Gasteiger partial charge on any atom is -0.465 e. The standard InChI is InChI=1S/C20H22ClN3O4/c1-20(2)24(19(26)27)16(12-28-20)9-5-13-3-7-15(8-4-13)23-18(25)17-10-6-14(21)11-22-17/h3-4,6-8,10-11,16H,5,9,12H2,1-2H3,(H,23,25)(H,26,27)/t16-/m0/s1. The molecule has 28 heavy (non-hydrogen) atoms. The van der Waals surface area contributed by atoms with Crippen molar-refractivity contribution in [2.75, 3.05) is 11.9 Å². The molecule has 0 spiro atoms. The number of halogens is 1. The van der Waals surface area contributed by atoms with E-state index >= 15 is 0 Å². The highest BCUT2D eigenvalue weighted by molar-refractivity contribution is 6.30. The quantitative estimate of drug-likeness (QED) is 0.786. The molecule has 2 N–H and O–H groups in total. The zero-order valence-electron chi connectivity index (χ0n) is 15.7. The first-order chi connectivity index (χ1) is 13.3. The van der Waals surface area contributed by atoms with E-state index in [2.05, 4.69) is 10.3 Å². The molecule has 0 bridgehead atoms. The van der Waals surface area contributed by atoms with Crippen LogP contribution in [0.25, 0.3) is 0 Å². The van der Waals surface area contributed by atoms with Gasteiger partial charge in [-0.2, -0.15) is 0 Å². The summed E-state index contributed by atoms with van der Waals surface area (Å²) in [6, 6.07) is 10.4. The molecule has 7 nitrogen and oxygen atoms in total. The van der Waals surface area contributed by atoms with E-state index in [1.54, 1.807) is 26.0 Å². The molecule has 0 radical (unpaired) electrons. The molecule has 2 heterocycles. The van der Waals surface area contributed by atoms with E-state index in [0.29, 0.717) is 30.2 Å². The normalized spacial score (nSPS) is 18.1. The van der Waals surface area contributed by atoms with Gasteiger partial charge < -0.3 is 15.2 Å². The minimum atomic E-state index is -0.971. The number of carbonyl (C=O) groups excluding carboxylic acids is 1. The van der Waals surface area contributed by atoms with E-state index in [1.165, 1.54) is 11.1 Å². The first kappa shape index (κ1) is 20.1. The summed E-state index contributed by atoms with van der Waals surface area (Å²) >= 11 is 5.78. The predicted molar refractivity (Wildman–Crippen MR) is 106 cm³/mol. The molecule has 1 atom stereocenters. The molecule has 3 rings (SSSR count). The second-order valence-corrected chi connectivity index (χ2v) is 7.55. The molecule has 0 aliphatic carbocycles. The third-order valence-corrected chi connectivity index (χ3v) is 4.94. The Bertz CT molecular complexity index is 853. The second kappa shape index (κ2) is 8.16. The number of nitrogens with one attached hydrogen (secondary N) is 1. The molecule has 1 aliphatic rings. The number of ether oxygens (including phenoxy) is 1. The van der Waals surface area contributed by atoms with Crippen molar-refractivity contribution in [2.24, 2.45) is 0 Å². The Morgan fingerprint density at radius 3 is 2.61 bits per heavy atom. The molecule has 1 saturated heterocycles. The third-order valence-electron chi connectivity index (χ3n) is 4.72. The van der Waals surface area contributed by atoms with Crippen LogP contribution in [0, 0.1) is 0 Å². The van der Waals surface area contributed by atoms with Crippen LogP contribution in [0.2, 0.25) is 5.02 Å². The summed E-state index contributed by atoms with van der Waals surface area (Å²) in [5, 5.41) is 12.7. The van der Waals surface area contributed by atoms with Crippen molar-refractivity contribution in [1.29, 1.82) is 0 Å². The Hall–Kier alpha value is -2.64. The first-order valence-electron chi connectivity index (χ1n) is 8.94. The molecular weight excluding hydrogens is 382 g/mol. The average molecular weight is 404 g/mol. The average Bonchev–Trinajstić information content (AvgIpc) is 2.96. The maximum atomic E-state index is 12.2. The zero-order valence-corrected chi connectivity index (χ0v) is 16.4. The van der Waals surface area contributed by atoms with E-state index in [1.807, 2.05) is 24.3 Å². The van der Waals surface area contributed by atoms with Crippen molar-refractivity contribution < 1.29 is 19.4 Å². The number of pyridine rings is 1. The number of hydrogen-bond donors (Lipinski definition) is 2. The summed E-state index contributed by atoms with van der Waals surface area (Å²) in [6.45, 7) is 3.91. The van der Waals surface area contributed by atoms with E-state index in [-0.39, 0.29) is 17.6 Å². The maximum Gasteiger partial charge on any atom is 0.409 e. The van der Waals surface area contributed by atoms with Crippen LogP contribution in [0.5, 0.6) is 0 Å². The highest BCUT2D eigenvalue weighted by atomic mass is 35.5. The number of anilines is 1. The SMILES string of the molecule is CC1(C)OC[C@H](CCc2ccc(NC(=O)c3ccc(Cl)cn3)cc2)N1C(=O)O. The first-order valence-corrected chi connectivity index (χ1v) is 9.32. The molecule has 0 unspecified atom stereocenters. The van der Waals surface area contributed by atoms with Crippen molar-refractivity contribution in [2.45, 2.75) is 38.5 Å². The molecule has 148 valence electrons. The Labute approximate surface area is 168 Å². The molecule has 0 saturated carbocycles. The summed E-state index contributed by atoms with van der Waals surface area (Å²) in [6.07, 6.45) is 1.83. The van der Waals surface area contributed by atoms with E-state index in [9.17, 15) is 14.7 Å². The van der Waals surface area contributed by atoms with Crippen LogP contribution in [0.15, 0.2) is 42.6 Å². The fourth-order valence-corrected chi connectivity index (χ4v) is 3.39. The van der Waals surface area contributed by atoms with E-state index in [0.717, 1.165) is 5.56 Å². The number of nitrogens with zero attached hydrogens (tertiary/aromatic N) is 2. The molecule has 8 heteroatoms. The van der Waals surface area contributed by atoms with Gasteiger partial charge in [-0.05, 0) is 56.5 Å². The van der Waals surface area contributed by atoms with Gasteiger partial charge in [-0.15, -0.1) is 0 Å². The molecule has 1 aromatic carbocycles. The number of aryl methyl sites for hydroxylation is 1. The fourth-order valence-electron chi connectivity index (χ4n) is 3.28. The number of hydrogen-bond acceptors (Lipinski definition) is 4. The molecular formula is C20H22ClN3O4. The highest BCUT2D eigenvalue weighted by Gasteiger charge is 2.43. The molecule has 1 aliphatic heterocycles. The van der Waals surface area contributed by atoms with Gasteiger partial charge in [0.25, 0.3) is 5.91 Å². The minimum absolute atomic E-state index is 0.178. The number of rotatable bonds is 5. The number of amides is 2. The van der Waals surface area contributed by atoms with Crippen LogP contribution in [0.3, 0.4) is 0 Å². The van der Waals surface area contributed by atoms with Gasteiger partial charge in [-0.1, -0.05) is 23.7 Å². The van der Waals surface area contributed by atoms with E-state index in [4.69, 9.17) is 16.3 Å². The second-order valence-electron chi connectivity index (χ2n) is 7.12. The van der Waals surface area contributed by atoms with Gasteiger partial charge in [0.15, 0.2) is 0 Å². The van der Waals surface area contributed by atoms with E-state index < -0.39 is 11.8 Å². The molecule has 1 fully saturated rings. The number of aromatic nitrogens is 1. The van der Waals surface area contributed by atoms with Gasteiger partial charge >= 0.3 is 6.09 Å². The topological polar surface area (TPSA) is 91.8 Å². The van der Waals surface area contributed by atoms with Gasteiger partial charge in [-0.3, -0.25) is 9.69 Å². The van der Waals surface area contributed by atoms with Crippen LogP contribution in [0.4, 0.5) is 10.5 Å². The number of carboxylic acid groups (broad SMARTS) is 1. The van der Waals surface area contributed by atoms with Gasteiger partial charge in [-0.25, -0.2) is 9.78 Å². The van der Waals surface area contributed by atoms with Gasteiger partial charge in [0.05, 0.1) is 17.7 Å². The van der Waals surface area contributed by atoms with Crippen LogP contribution in [-0.4, -0.2) is 45.4 Å². The molecule has 2 amide bonds. The van der Waals surface area contributed by atoms with Gasteiger partial charge in [0.1, 0.15) is 11.4 Å². The largest absolute Gasteiger partial charge is 0.465 e. The third kappa shape index (κ3) is 4.61. The summed E-state index contributed by atoms with van der Waals surface area (Å²) in [5.74, 6) is -0.313. The Balaban J connectivity index is 1.57. The lowest BCUT2D eigenvalue weighted by Crippen LogP contribution is -2.47. The summed E-state index contributed by atoms with van der Waals surface area (Å²) in [4.78, 5) is 29.1. The summed E-state index contributed by atoms with van der Waals surface area (Å²) in [5.41, 5.74) is 1.19. The van der Waals surface area contributed by atoms with Crippen LogP contribution >= 0.6 is 11.6 Å². The van der Waals surface area contributed by atoms with Gasteiger partial charge in [0, 0.05) is 11.9 Å². The lowest BCUT2D eigenvalue weighted by molar-refractivity contribution is -0.0421. The highest BCUT2D eigenvalue weighted by Crippen LogP contribution is 2.29. The van der Waals surface area contributed by atoms with Crippen molar-refractivity contribution >= 4 is 29.3 Å².